The van der Waals surface area contributed by atoms with Crippen LogP contribution in [0.4, 0.5) is 0 Å². The van der Waals surface area contributed by atoms with Crippen molar-refractivity contribution < 1.29 is 9.30 Å². The molecule has 156 valence electrons. The Morgan fingerprint density at radius 2 is 1.81 bits per heavy atom. The number of hydrogen-bond donors (Lipinski definition) is 0. The van der Waals surface area contributed by atoms with E-state index < -0.39 is 0 Å². The summed E-state index contributed by atoms with van der Waals surface area (Å²) >= 11 is 0. The standard InChI is InChI=1S/C28H29N2O/c1-17-21-8-6-5-7-19(21)14-23-25(17)27-26-22(29-16-30(27)4)13-20(15-24(26)31-23)18-9-11-28(2,3)12-10-18/h5-8,13-16,18H,9-12H2,1-4H3/q+1. The second-order valence-electron chi connectivity index (χ2n) is 10.3. The van der Waals surface area contributed by atoms with Gasteiger partial charge in [-0.05, 0) is 89.0 Å². The smallest absolute Gasteiger partial charge is 0.287 e. The van der Waals surface area contributed by atoms with Gasteiger partial charge in [-0.15, -0.1) is 0 Å². The van der Waals surface area contributed by atoms with E-state index in [0.717, 1.165) is 22.4 Å². The molecule has 1 fully saturated rings. The summed E-state index contributed by atoms with van der Waals surface area (Å²) in [6.45, 7) is 7.00. The van der Waals surface area contributed by atoms with Gasteiger partial charge in [0.2, 0.25) is 0 Å². The molecule has 4 aromatic rings. The highest BCUT2D eigenvalue weighted by Crippen LogP contribution is 2.50. The van der Waals surface area contributed by atoms with E-state index in [2.05, 4.69) is 74.9 Å². The van der Waals surface area contributed by atoms with Gasteiger partial charge in [0.15, 0.2) is 11.2 Å². The Bertz CT molecular complexity index is 1360. The molecule has 0 radical (unpaired) electrons. The molecule has 3 heteroatoms. The minimum absolute atomic E-state index is 0.467. The van der Waals surface area contributed by atoms with Crippen molar-refractivity contribution in [2.75, 3.05) is 0 Å². The molecule has 1 aliphatic heterocycles. The lowest BCUT2D eigenvalue weighted by molar-refractivity contribution is -0.662. The van der Waals surface area contributed by atoms with E-state index in [-0.39, 0.29) is 0 Å². The first-order chi connectivity index (χ1) is 14.9. The van der Waals surface area contributed by atoms with Crippen molar-refractivity contribution >= 4 is 21.7 Å². The maximum Gasteiger partial charge on any atom is 0.287 e. The number of rotatable bonds is 1. The van der Waals surface area contributed by atoms with Crippen LogP contribution in [-0.4, -0.2) is 4.98 Å². The van der Waals surface area contributed by atoms with Crippen molar-refractivity contribution in [2.45, 2.75) is 52.4 Å². The van der Waals surface area contributed by atoms with E-state index in [1.54, 1.807) is 0 Å². The zero-order valence-corrected chi connectivity index (χ0v) is 18.8. The predicted molar refractivity (Wildman–Crippen MR) is 126 cm³/mol. The monoisotopic (exact) mass is 409 g/mol. The molecule has 2 aliphatic rings. The summed E-state index contributed by atoms with van der Waals surface area (Å²) in [6, 6.07) is 15.4. The average molecular weight is 410 g/mol. The van der Waals surface area contributed by atoms with Crippen LogP contribution in [0, 0.1) is 12.3 Å². The Labute approximate surface area is 183 Å². The molecule has 0 bridgehead atoms. The normalized spacial score (nSPS) is 17.5. The number of benzene rings is 3. The Balaban J connectivity index is 1.57. The maximum absolute atomic E-state index is 6.61. The third kappa shape index (κ3) is 2.86. The lowest BCUT2D eigenvalue weighted by Gasteiger charge is -2.34. The molecule has 0 spiro atoms. The third-order valence-electron chi connectivity index (χ3n) is 7.60. The van der Waals surface area contributed by atoms with Crippen LogP contribution in [-0.2, 0) is 7.05 Å². The maximum atomic E-state index is 6.61. The van der Waals surface area contributed by atoms with Gasteiger partial charge in [-0.1, -0.05) is 38.1 Å². The van der Waals surface area contributed by atoms with Crippen LogP contribution in [0.15, 0.2) is 48.8 Å². The van der Waals surface area contributed by atoms with Crippen LogP contribution >= 0.6 is 0 Å². The van der Waals surface area contributed by atoms with Crippen molar-refractivity contribution in [2.24, 2.45) is 12.5 Å². The van der Waals surface area contributed by atoms with Gasteiger partial charge >= 0.3 is 0 Å². The topological polar surface area (TPSA) is 26.0 Å². The summed E-state index contributed by atoms with van der Waals surface area (Å²) in [6.07, 6.45) is 7.00. The summed E-state index contributed by atoms with van der Waals surface area (Å²) in [7, 11) is 2.09. The number of hydrogen-bond acceptors (Lipinski definition) is 2. The molecule has 3 aromatic carbocycles. The van der Waals surface area contributed by atoms with Crippen molar-refractivity contribution in [1.29, 1.82) is 0 Å². The van der Waals surface area contributed by atoms with Gasteiger partial charge < -0.3 is 4.74 Å². The molecule has 0 unspecified atom stereocenters. The van der Waals surface area contributed by atoms with Crippen LogP contribution in [0.5, 0.6) is 11.5 Å². The average Bonchev–Trinajstić information content (AvgIpc) is 2.75. The highest BCUT2D eigenvalue weighted by molar-refractivity contribution is 6.04. The molecule has 1 saturated carbocycles. The fourth-order valence-corrected chi connectivity index (χ4v) is 5.68. The van der Waals surface area contributed by atoms with Gasteiger partial charge in [0.1, 0.15) is 16.9 Å². The number of fused-ring (bicyclic) bond motifs is 3. The van der Waals surface area contributed by atoms with Crippen LogP contribution in [0.25, 0.3) is 32.9 Å². The van der Waals surface area contributed by atoms with Gasteiger partial charge in [0.25, 0.3) is 6.33 Å². The molecule has 1 aromatic heterocycles. The SMILES string of the molecule is Cc1c2c(cc3ccccc13)Oc1cc(C3CCC(C)(C)CC3)cc3nc[n+](C)c-2c13. The van der Waals surface area contributed by atoms with Crippen molar-refractivity contribution in [3.63, 3.8) is 0 Å². The van der Waals surface area contributed by atoms with E-state index in [1.165, 1.54) is 58.8 Å². The minimum Gasteiger partial charge on any atom is -0.456 e. The van der Waals surface area contributed by atoms with Gasteiger partial charge in [-0.3, -0.25) is 0 Å². The lowest BCUT2D eigenvalue weighted by atomic mass is 9.71. The highest BCUT2D eigenvalue weighted by Gasteiger charge is 2.32. The highest BCUT2D eigenvalue weighted by atomic mass is 16.5. The number of aryl methyl sites for hydroxylation is 2. The fourth-order valence-electron chi connectivity index (χ4n) is 5.68. The molecular formula is C28H29N2O+. The van der Waals surface area contributed by atoms with Crippen molar-refractivity contribution in [3.8, 4) is 22.8 Å². The molecule has 31 heavy (non-hydrogen) atoms. The first-order valence-electron chi connectivity index (χ1n) is 11.4. The summed E-state index contributed by atoms with van der Waals surface area (Å²) in [5, 5.41) is 3.64. The molecule has 1 aliphatic carbocycles. The molecule has 2 heterocycles. The van der Waals surface area contributed by atoms with Crippen LogP contribution < -0.4 is 9.30 Å². The Hall–Kier alpha value is -2.94. The van der Waals surface area contributed by atoms with Gasteiger partial charge in [-0.2, -0.15) is 0 Å². The molecule has 0 N–H and O–H groups in total. The van der Waals surface area contributed by atoms with Gasteiger partial charge in [0, 0.05) is 0 Å². The van der Waals surface area contributed by atoms with E-state index in [4.69, 9.17) is 9.72 Å². The van der Waals surface area contributed by atoms with E-state index >= 15 is 0 Å². The lowest BCUT2D eigenvalue weighted by Crippen LogP contribution is -2.33. The first-order valence-corrected chi connectivity index (χ1v) is 11.4. The van der Waals surface area contributed by atoms with E-state index in [9.17, 15) is 0 Å². The zero-order chi connectivity index (χ0) is 21.3. The summed E-state index contributed by atoms with van der Waals surface area (Å²) < 4.78 is 8.76. The first kappa shape index (κ1) is 18.8. The Morgan fingerprint density at radius 1 is 1.03 bits per heavy atom. The van der Waals surface area contributed by atoms with Crippen LogP contribution in [0.3, 0.4) is 0 Å². The summed E-state index contributed by atoms with van der Waals surface area (Å²) in [5.74, 6) is 2.50. The number of aromatic nitrogens is 2. The molecule has 0 atom stereocenters. The summed E-state index contributed by atoms with van der Waals surface area (Å²) in [5.41, 5.74) is 6.55. The zero-order valence-electron chi connectivity index (χ0n) is 18.8. The third-order valence-corrected chi connectivity index (χ3v) is 7.60. The molecular weight excluding hydrogens is 380 g/mol. The second-order valence-corrected chi connectivity index (χ2v) is 10.3. The van der Waals surface area contributed by atoms with Crippen molar-refractivity contribution in [3.05, 3.63) is 59.9 Å². The number of nitrogens with zero attached hydrogens (tertiary/aromatic N) is 2. The Kier molecular flexibility index (Phi) is 3.96. The number of ether oxygens (including phenoxy) is 1. The quantitative estimate of drug-likeness (QED) is 0.279. The van der Waals surface area contributed by atoms with Gasteiger partial charge in [0.05, 0.1) is 12.6 Å². The van der Waals surface area contributed by atoms with Crippen LogP contribution in [0.1, 0.15) is 56.6 Å². The fraction of sp³-hybridized carbons (Fsp3) is 0.357. The predicted octanol–water partition coefficient (Wildman–Crippen LogP) is 6.98. The van der Waals surface area contributed by atoms with Crippen LogP contribution in [0.2, 0.25) is 0 Å². The molecule has 6 rings (SSSR count). The van der Waals surface area contributed by atoms with Crippen molar-refractivity contribution in [1.82, 2.24) is 4.98 Å². The molecule has 0 saturated heterocycles. The van der Waals surface area contributed by atoms with Gasteiger partial charge in [-0.25, -0.2) is 4.57 Å². The van der Waals surface area contributed by atoms with E-state index in [0.29, 0.717) is 11.3 Å². The summed E-state index contributed by atoms with van der Waals surface area (Å²) in [4.78, 5) is 4.82. The minimum atomic E-state index is 0.467. The Morgan fingerprint density at radius 3 is 2.61 bits per heavy atom. The molecule has 0 amide bonds. The van der Waals surface area contributed by atoms with E-state index in [1.807, 2.05) is 6.33 Å². The molecule has 3 nitrogen and oxygen atoms in total. The largest absolute Gasteiger partial charge is 0.456 e. The second kappa shape index (κ2) is 6.53.